The summed E-state index contributed by atoms with van der Waals surface area (Å²) >= 11 is 1.55. The van der Waals surface area contributed by atoms with Gasteiger partial charge in [0.1, 0.15) is 11.8 Å². The molecule has 10 heteroatoms. The number of amides is 1. The van der Waals surface area contributed by atoms with E-state index in [0.29, 0.717) is 18.7 Å². The molecule has 4 aliphatic heterocycles. The SMILES string of the molecule is Cc1ccc(-c2cc3c(cc2C(F)F)N(C2NN(C4CCOCC4)C4=C2CN(C(=O)OC(C)(C)C)CC4)CCC3)s1. The minimum Gasteiger partial charge on any atom is -0.444 e. The maximum Gasteiger partial charge on any atom is 0.410 e. The Hall–Kier alpha value is -2.69. The number of carbonyl (C=O) groups is 1. The lowest BCUT2D eigenvalue weighted by atomic mass is 9.93. The quantitative estimate of drug-likeness (QED) is 0.434. The molecule has 1 aromatic heterocycles. The van der Waals surface area contributed by atoms with E-state index in [1.807, 2.05) is 45.9 Å². The lowest BCUT2D eigenvalue weighted by Crippen LogP contribution is -2.53. The molecule has 1 unspecified atom stereocenters. The van der Waals surface area contributed by atoms with Crippen LogP contribution in [0.4, 0.5) is 19.3 Å². The molecular formula is C31H40F2N4O3S. The number of aryl methyl sites for hydroxylation is 2. The van der Waals surface area contributed by atoms with Gasteiger partial charge in [0, 0.05) is 76.6 Å². The topological polar surface area (TPSA) is 57.3 Å². The smallest absolute Gasteiger partial charge is 0.410 e. The molecule has 1 N–H and O–H groups in total. The van der Waals surface area contributed by atoms with Gasteiger partial charge in [0.2, 0.25) is 0 Å². The van der Waals surface area contributed by atoms with E-state index in [1.54, 1.807) is 22.3 Å². The number of hydrogen-bond acceptors (Lipinski definition) is 7. The third-order valence-corrected chi connectivity index (χ3v) is 9.43. The van der Waals surface area contributed by atoms with Crippen molar-refractivity contribution in [3.63, 3.8) is 0 Å². The third kappa shape index (κ3) is 5.70. The molecule has 222 valence electrons. The van der Waals surface area contributed by atoms with Gasteiger partial charge in [0.25, 0.3) is 6.43 Å². The van der Waals surface area contributed by atoms with Gasteiger partial charge in [0.15, 0.2) is 0 Å². The average Bonchev–Trinajstić information content (AvgIpc) is 3.55. The molecule has 7 nitrogen and oxygen atoms in total. The zero-order valence-electron chi connectivity index (χ0n) is 24.3. The summed E-state index contributed by atoms with van der Waals surface area (Å²) in [4.78, 5) is 19.1. The van der Waals surface area contributed by atoms with Gasteiger partial charge in [-0.2, -0.15) is 0 Å². The number of nitrogens with zero attached hydrogens (tertiary/aromatic N) is 3. The fourth-order valence-electron chi connectivity index (χ4n) is 6.51. The van der Waals surface area contributed by atoms with E-state index < -0.39 is 12.0 Å². The van der Waals surface area contributed by atoms with Crippen molar-refractivity contribution < 1.29 is 23.0 Å². The van der Waals surface area contributed by atoms with Crippen LogP contribution in [0.15, 0.2) is 35.5 Å². The normalized spacial score (nSPS) is 21.9. The molecule has 0 spiro atoms. The summed E-state index contributed by atoms with van der Waals surface area (Å²) in [5.74, 6) is 0. The Morgan fingerprint density at radius 2 is 1.93 bits per heavy atom. The van der Waals surface area contributed by atoms with Crippen molar-refractivity contribution in [1.82, 2.24) is 15.3 Å². The molecule has 1 aromatic carbocycles. The third-order valence-electron chi connectivity index (χ3n) is 8.40. The molecule has 0 radical (unpaired) electrons. The number of halogens is 2. The molecule has 1 atom stereocenters. The maximum absolute atomic E-state index is 14.5. The second-order valence-corrected chi connectivity index (χ2v) is 13.7. The molecule has 0 saturated carbocycles. The summed E-state index contributed by atoms with van der Waals surface area (Å²) < 4.78 is 40.4. The molecule has 1 amide bonds. The number of thiophene rings is 1. The largest absolute Gasteiger partial charge is 0.444 e. The zero-order valence-corrected chi connectivity index (χ0v) is 25.2. The van der Waals surface area contributed by atoms with Crippen LogP contribution in [-0.2, 0) is 15.9 Å². The van der Waals surface area contributed by atoms with E-state index in [2.05, 4.69) is 15.3 Å². The van der Waals surface area contributed by atoms with Gasteiger partial charge in [-0.15, -0.1) is 11.3 Å². The number of anilines is 1. The zero-order chi connectivity index (χ0) is 28.9. The number of carbonyl (C=O) groups excluding carboxylic acids is 1. The van der Waals surface area contributed by atoms with Crippen molar-refractivity contribution in [3.8, 4) is 10.4 Å². The van der Waals surface area contributed by atoms with Crippen LogP contribution in [0.25, 0.3) is 10.4 Å². The predicted molar refractivity (Wildman–Crippen MR) is 157 cm³/mol. The summed E-state index contributed by atoms with van der Waals surface area (Å²) in [5.41, 5.74) is 8.20. The van der Waals surface area contributed by atoms with E-state index in [4.69, 9.17) is 9.47 Å². The summed E-state index contributed by atoms with van der Waals surface area (Å²) in [6.45, 7) is 10.8. The van der Waals surface area contributed by atoms with Crippen molar-refractivity contribution >= 4 is 23.1 Å². The van der Waals surface area contributed by atoms with E-state index in [9.17, 15) is 13.6 Å². The lowest BCUT2D eigenvalue weighted by molar-refractivity contribution is 0.0225. The van der Waals surface area contributed by atoms with Gasteiger partial charge in [-0.25, -0.2) is 19.0 Å². The van der Waals surface area contributed by atoms with Crippen LogP contribution in [0.2, 0.25) is 0 Å². The van der Waals surface area contributed by atoms with E-state index >= 15 is 0 Å². The molecule has 5 heterocycles. The van der Waals surface area contributed by atoms with Crippen LogP contribution in [0.3, 0.4) is 0 Å². The number of benzene rings is 1. The second-order valence-electron chi connectivity index (χ2n) is 12.4. The minimum atomic E-state index is -2.58. The summed E-state index contributed by atoms with van der Waals surface area (Å²) in [5, 5.41) is 2.31. The molecule has 0 aliphatic carbocycles. The van der Waals surface area contributed by atoms with Gasteiger partial charge < -0.3 is 24.3 Å². The van der Waals surface area contributed by atoms with Gasteiger partial charge in [0.05, 0.1) is 6.54 Å². The fraction of sp³-hybridized carbons (Fsp3) is 0.581. The number of fused-ring (bicyclic) bond motifs is 1. The monoisotopic (exact) mass is 586 g/mol. The standard InChI is InChI=1S/C31H40F2N4O3S/c1-19-7-8-27(41-19)22-16-20-6-5-12-36(26(20)17-23(22)28(32)33)29-24-18-35(30(38)40-31(2,3)4)13-9-25(24)37(34-29)21-10-14-39-15-11-21/h7-8,16-17,21,28-29,34H,5-6,9-15,18H2,1-4H3. The molecular weight excluding hydrogens is 546 g/mol. The van der Waals surface area contributed by atoms with Gasteiger partial charge >= 0.3 is 6.09 Å². The Kier molecular flexibility index (Phi) is 7.76. The Morgan fingerprint density at radius 1 is 1.15 bits per heavy atom. The first-order valence-corrected chi connectivity index (χ1v) is 15.5. The highest BCUT2D eigenvalue weighted by molar-refractivity contribution is 7.15. The molecule has 2 aromatic rings. The summed E-state index contributed by atoms with van der Waals surface area (Å²) in [6.07, 6.45) is 1.21. The van der Waals surface area contributed by atoms with Crippen molar-refractivity contribution in [2.75, 3.05) is 37.7 Å². The van der Waals surface area contributed by atoms with Gasteiger partial charge in [-0.3, -0.25) is 0 Å². The highest BCUT2D eigenvalue weighted by Gasteiger charge is 2.43. The molecule has 6 rings (SSSR count). The minimum absolute atomic E-state index is 0.0741. The van der Waals surface area contributed by atoms with E-state index in [0.717, 1.165) is 78.4 Å². The number of hydrazine groups is 1. The Labute approximate surface area is 245 Å². The number of nitrogens with one attached hydrogen (secondary N) is 1. The number of ether oxygens (including phenoxy) is 2. The lowest BCUT2D eigenvalue weighted by Gasteiger charge is -2.40. The second kappa shape index (κ2) is 11.2. The van der Waals surface area contributed by atoms with Crippen molar-refractivity contribution in [2.24, 2.45) is 0 Å². The van der Waals surface area contributed by atoms with Crippen LogP contribution in [0.1, 0.15) is 68.9 Å². The highest BCUT2D eigenvalue weighted by Crippen LogP contribution is 2.43. The molecule has 1 fully saturated rings. The Bertz CT molecular complexity index is 1330. The molecule has 41 heavy (non-hydrogen) atoms. The van der Waals surface area contributed by atoms with Gasteiger partial charge in [-0.1, -0.05) is 0 Å². The highest BCUT2D eigenvalue weighted by atomic mass is 32.1. The molecule has 1 saturated heterocycles. The first-order chi connectivity index (χ1) is 19.6. The summed E-state index contributed by atoms with van der Waals surface area (Å²) in [6, 6.07) is 7.93. The Morgan fingerprint density at radius 3 is 2.61 bits per heavy atom. The maximum atomic E-state index is 14.5. The molecule has 4 aliphatic rings. The first-order valence-electron chi connectivity index (χ1n) is 14.7. The van der Waals surface area contributed by atoms with Crippen LogP contribution in [-0.4, -0.2) is 66.7 Å². The van der Waals surface area contributed by atoms with E-state index in [1.165, 1.54) is 5.70 Å². The van der Waals surface area contributed by atoms with Crippen molar-refractivity contribution in [2.45, 2.75) is 84.0 Å². The van der Waals surface area contributed by atoms with Crippen LogP contribution in [0.5, 0.6) is 0 Å². The van der Waals surface area contributed by atoms with Crippen molar-refractivity contribution in [1.29, 1.82) is 0 Å². The van der Waals surface area contributed by atoms with E-state index in [-0.39, 0.29) is 23.9 Å². The molecule has 0 bridgehead atoms. The van der Waals surface area contributed by atoms with Crippen LogP contribution >= 0.6 is 11.3 Å². The summed E-state index contributed by atoms with van der Waals surface area (Å²) in [7, 11) is 0. The van der Waals surface area contributed by atoms with Crippen molar-refractivity contribution in [3.05, 3.63) is 51.5 Å². The number of hydrogen-bond donors (Lipinski definition) is 1. The fourth-order valence-corrected chi connectivity index (χ4v) is 7.42. The van der Waals surface area contributed by atoms with Gasteiger partial charge in [-0.05, 0) is 83.2 Å². The predicted octanol–water partition coefficient (Wildman–Crippen LogP) is 6.63. The number of rotatable bonds is 4. The van der Waals surface area contributed by atoms with Crippen LogP contribution in [0, 0.1) is 6.92 Å². The van der Waals surface area contributed by atoms with Crippen LogP contribution < -0.4 is 10.3 Å². The number of alkyl halides is 2. The Balaban J connectivity index is 1.37. The first kappa shape index (κ1) is 28.4. The average molecular weight is 587 g/mol.